The van der Waals surface area contributed by atoms with Gasteiger partial charge in [0.25, 0.3) is 6.43 Å². The zero-order valence-electron chi connectivity index (χ0n) is 44.8. The van der Waals surface area contributed by atoms with Crippen molar-refractivity contribution in [2.75, 3.05) is 58.4 Å². The van der Waals surface area contributed by atoms with E-state index >= 15 is 0 Å². The molecule has 0 aliphatic rings. The Kier molecular flexibility index (Phi) is 41.5. The number of alkyl carbamates (subject to hydrolysis) is 2. The molecule has 0 bridgehead atoms. The highest BCUT2D eigenvalue weighted by molar-refractivity contribution is 7.59. The number of benzene rings is 4. The number of hydrogen-bond donors (Lipinski definition) is 5. The number of carbonyl (C=O) groups is 3. The van der Waals surface area contributed by atoms with Gasteiger partial charge in [-0.2, -0.15) is 40.5 Å². The number of hydrogen-bond acceptors (Lipinski definition) is 13. The van der Waals surface area contributed by atoms with Gasteiger partial charge >= 0.3 is 18.3 Å². The zero-order valence-corrected chi connectivity index (χ0v) is 48.6. The summed E-state index contributed by atoms with van der Waals surface area (Å²) in [7, 11) is 1.71. The Bertz CT molecular complexity index is 2540. The topological polar surface area (TPSA) is 231 Å². The van der Waals surface area contributed by atoms with Crippen molar-refractivity contribution >= 4 is 87.0 Å². The van der Waals surface area contributed by atoms with Crippen molar-refractivity contribution in [3.8, 4) is 0 Å². The lowest BCUT2D eigenvalue weighted by Gasteiger charge is -2.28. The number of amides is 3. The first kappa shape index (κ1) is 78.6. The largest absolute Gasteiger partial charge is 0.448 e. The summed E-state index contributed by atoms with van der Waals surface area (Å²) in [6, 6.07) is 31.7. The molecule has 5 rings (SSSR count). The van der Waals surface area contributed by atoms with Crippen LogP contribution in [0.3, 0.4) is 0 Å². The number of pyridine rings is 1. The molecule has 0 radical (unpaired) electrons. The molecule has 0 spiro atoms. The van der Waals surface area contributed by atoms with Gasteiger partial charge < -0.3 is 44.7 Å². The Morgan fingerprint density at radius 2 is 1.25 bits per heavy atom. The summed E-state index contributed by atoms with van der Waals surface area (Å²) in [6.45, 7) is 11.7. The number of rotatable bonds is 23. The van der Waals surface area contributed by atoms with Crippen LogP contribution in [0.5, 0.6) is 0 Å². The summed E-state index contributed by atoms with van der Waals surface area (Å²) in [6.07, 6.45) is -2.72. The maximum atomic E-state index is 13.8. The van der Waals surface area contributed by atoms with Gasteiger partial charge in [0, 0.05) is 36.1 Å². The number of anilines is 1. The number of alkyl halides is 2. The molecule has 0 unspecified atom stereocenters. The fraction of sp³-hybridized carbons (Fsp3) is 0.455. The Labute approximate surface area is 495 Å². The highest BCUT2D eigenvalue weighted by Gasteiger charge is 2.22. The van der Waals surface area contributed by atoms with E-state index in [1.165, 1.54) is 12.1 Å². The van der Waals surface area contributed by atoms with Crippen LogP contribution in [-0.2, 0) is 43.4 Å². The third-order valence-electron chi connectivity index (χ3n) is 9.91. The Morgan fingerprint density at radius 1 is 0.738 bits per heavy atom. The minimum atomic E-state index is -2.52. The van der Waals surface area contributed by atoms with Crippen molar-refractivity contribution in [1.82, 2.24) is 25.8 Å². The molecule has 80 heavy (non-hydrogen) atoms. The van der Waals surface area contributed by atoms with Crippen LogP contribution in [0.2, 0.25) is 5.02 Å². The van der Waals surface area contributed by atoms with Crippen molar-refractivity contribution in [3.63, 3.8) is 0 Å². The first-order chi connectivity index (χ1) is 35.6. The summed E-state index contributed by atoms with van der Waals surface area (Å²) in [5, 5.41) is 25.0. The van der Waals surface area contributed by atoms with E-state index in [4.69, 9.17) is 40.8 Å². The highest BCUT2D eigenvalue weighted by Crippen LogP contribution is 2.22. The van der Waals surface area contributed by atoms with Crippen LogP contribution in [0.1, 0.15) is 73.1 Å². The molecule has 1 heterocycles. The van der Waals surface area contributed by atoms with Crippen LogP contribution in [0.25, 0.3) is 21.2 Å². The fourth-order valence-electron chi connectivity index (χ4n) is 6.38. The number of fused-ring (bicyclic) bond motifs is 1. The lowest BCUT2D eigenvalue weighted by Crippen LogP contribution is -2.44. The molecule has 3 atom stereocenters. The van der Waals surface area contributed by atoms with Crippen molar-refractivity contribution in [1.29, 1.82) is 0 Å². The number of nitrogens with one attached hydrogen (secondary N) is 4. The van der Waals surface area contributed by atoms with Gasteiger partial charge in [0.2, 0.25) is 0 Å². The summed E-state index contributed by atoms with van der Waals surface area (Å²) in [4.78, 5) is 44.2. The summed E-state index contributed by atoms with van der Waals surface area (Å²) in [5.74, 6) is -0.223. The van der Waals surface area contributed by atoms with Crippen LogP contribution in [0.15, 0.2) is 121 Å². The first-order valence-corrected chi connectivity index (χ1v) is 24.3. The second-order valence-electron chi connectivity index (χ2n) is 18.8. The van der Waals surface area contributed by atoms with Crippen molar-refractivity contribution in [2.45, 2.75) is 112 Å². The summed E-state index contributed by atoms with van der Waals surface area (Å²) >= 11 is 6.03. The molecule has 4 aromatic carbocycles. The van der Waals surface area contributed by atoms with E-state index < -0.39 is 66.4 Å². The smallest absolute Gasteiger partial charge is 0.412 e. The molecule has 5 N–H and O–H groups in total. The van der Waals surface area contributed by atoms with Gasteiger partial charge in [0.1, 0.15) is 29.4 Å². The quantitative estimate of drug-likeness (QED) is 0.0178. The molecule has 448 valence electrons. The van der Waals surface area contributed by atoms with Crippen LogP contribution >= 0.6 is 52.1 Å². The zero-order chi connectivity index (χ0) is 55.2. The van der Waals surface area contributed by atoms with E-state index in [0.717, 1.165) is 21.9 Å². The molecule has 0 aliphatic heterocycles. The normalized spacial score (nSPS) is 11.6. The molecule has 25 heteroatoms. The van der Waals surface area contributed by atoms with Crippen molar-refractivity contribution in [3.05, 3.63) is 153 Å². The lowest BCUT2D eigenvalue weighted by atomic mass is 10.1. The number of likely N-dealkylation sites (N-methyl/N-ethyl adjacent to an activating group) is 1. The predicted molar refractivity (Wildman–Crippen MR) is 326 cm³/mol. The monoisotopic (exact) mass is 1200 g/mol. The van der Waals surface area contributed by atoms with Crippen molar-refractivity contribution < 1.29 is 56.3 Å². The Hall–Kier alpha value is -5.66. The SMILES string of the molecule is C.C.CC(C)(C)OC(=O)N[C@@H](CN=[N+]=[N-])COCc1ccccc1.CC(C)(C)OC(=O)N[C@@H](CO)COCc1ccccc1.CN(Cc1cccc(F)c1Cl)[C@@H](CNCC(F)F)COC(=O)Nc1cc2ccccc2cn1.S.S.S. The second-order valence-corrected chi connectivity index (χ2v) is 19.1. The predicted octanol–water partition coefficient (Wildman–Crippen LogP) is 12.0. The molecule has 1 aromatic heterocycles. The lowest BCUT2D eigenvalue weighted by molar-refractivity contribution is 0.0366. The Morgan fingerprint density at radius 3 is 1.76 bits per heavy atom. The van der Waals surface area contributed by atoms with Crippen LogP contribution in [-0.4, -0.2) is 122 Å². The molecule has 0 aliphatic carbocycles. The van der Waals surface area contributed by atoms with E-state index in [9.17, 15) is 32.7 Å². The second kappa shape index (κ2) is 42.2. The number of halogens is 4. The van der Waals surface area contributed by atoms with E-state index in [2.05, 4.69) is 36.3 Å². The number of nitrogens with zero attached hydrogens (tertiary/aromatic N) is 5. The molecule has 18 nitrogen and oxygen atoms in total. The van der Waals surface area contributed by atoms with Gasteiger partial charge in [-0.25, -0.2) is 32.5 Å². The van der Waals surface area contributed by atoms with Gasteiger partial charge in [0.15, 0.2) is 0 Å². The summed E-state index contributed by atoms with van der Waals surface area (Å²) in [5.41, 5.74) is 9.87. The third-order valence-corrected chi connectivity index (χ3v) is 10.3. The van der Waals surface area contributed by atoms with Gasteiger partial charge in [0.05, 0.1) is 62.7 Å². The van der Waals surface area contributed by atoms with E-state index in [-0.39, 0.29) is 106 Å². The summed E-state index contributed by atoms with van der Waals surface area (Å²) < 4.78 is 65.5. The number of carbonyl (C=O) groups excluding carboxylic acids is 3. The molecular weight excluding hydrogens is 1120 g/mol. The molecular formula is C55H83ClF3N9O9S3. The molecule has 0 fully saturated rings. The average Bonchev–Trinajstić information content (AvgIpc) is 3.35. The number of aliphatic hydroxyl groups is 1. The Balaban J connectivity index is -0.00000112. The molecule has 0 saturated carbocycles. The van der Waals surface area contributed by atoms with Crippen LogP contribution < -0.4 is 21.3 Å². The van der Waals surface area contributed by atoms with E-state index in [0.29, 0.717) is 24.6 Å². The molecule has 5 aromatic rings. The third kappa shape index (κ3) is 34.5. The van der Waals surface area contributed by atoms with Gasteiger partial charge in [-0.15, -0.1) is 0 Å². The highest BCUT2D eigenvalue weighted by atomic mass is 35.5. The first-order valence-electron chi connectivity index (χ1n) is 23.9. The average molecular weight is 1200 g/mol. The molecule has 0 saturated heterocycles. The maximum Gasteiger partial charge on any atom is 0.412 e. The number of ether oxygens (including phenoxy) is 5. The van der Waals surface area contributed by atoms with Crippen LogP contribution in [0.4, 0.5) is 33.4 Å². The van der Waals surface area contributed by atoms with Crippen molar-refractivity contribution in [2.24, 2.45) is 5.11 Å². The standard InChI is InChI=1S/C23H24ClF3N4O2.C15H22N4O3.C15H23NO4.2CH4.3H2S/c1-31(13-17-7-4-8-19(25)22(17)24)18(11-28-12-20(26)27)14-33-23(32)30-21-9-15-5-2-3-6-16(15)10-29-21;1-15(2,3)22-14(20)18-13(9-17-19-16)11-21-10-12-7-5-4-6-8-12;1-15(2,3)20-14(18)16-13(9-17)11-19-10-12-7-5-4-6-8-12;;;;;/h2-10,18,20,28H,11-14H2,1H3,(H,29,30,32);4-8,13H,9-11H2,1-3H3,(H,18,20);4-8,13,17H,9-11H2,1-3H3,(H,16,18);2*1H4;3*1H2/t18-;2*13-;;;;;/m000...../s1. The molecule has 3 amide bonds. The van der Waals surface area contributed by atoms with Gasteiger partial charge in [-0.05, 0) is 88.3 Å². The maximum absolute atomic E-state index is 13.8. The minimum Gasteiger partial charge on any atom is -0.448 e. The number of azide groups is 1. The van der Waals surface area contributed by atoms with E-state index in [1.807, 2.05) is 84.9 Å². The van der Waals surface area contributed by atoms with E-state index in [1.54, 1.807) is 71.8 Å². The fourth-order valence-corrected chi connectivity index (χ4v) is 6.57. The van der Waals surface area contributed by atoms with Gasteiger partial charge in [-0.1, -0.05) is 129 Å². The minimum absolute atomic E-state index is 0. The number of aromatic nitrogens is 1. The number of aliphatic hydroxyl groups excluding tert-OH is 1. The van der Waals surface area contributed by atoms with Crippen LogP contribution in [0, 0.1) is 5.82 Å². The van der Waals surface area contributed by atoms with Gasteiger partial charge in [-0.3, -0.25) is 10.2 Å².